The molecule has 1 amide bonds. The van der Waals surface area contributed by atoms with E-state index in [4.69, 9.17) is 5.11 Å². The number of hydrogen-bond donors (Lipinski definition) is 2. The lowest BCUT2D eigenvalue weighted by molar-refractivity contribution is 0.0951. The van der Waals surface area contributed by atoms with Crippen molar-refractivity contribution in [3.05, 3.63) is 70.8 Å². The Morgan fingerprint density at radius 2 is 1.75 bits per heavy atom. The zero-order chi connectivity index (χ0) is 14.4. The van der Waals surface area contributed by atoms with Gasteiger partial charge in [-0.2, -0.15) is 0 Å². The number of aliphatic hydroxyl groups is 1. The molecule has 2 N–H and O–H groups in total. The Kier molecular flexibility index (Phi) is 4.91. The number of rotatable bonds is 5. The van der Waals surface area contributed by atoms with Gasteiger partial charge in [-0.1, -0.05) is 43.3 Å². The maximum Gasteiger partial charge on any atom is 0.251 e. The Morgan fingerprint density at radius 3 is 2.40 bits per heavy atom. The molecule has 0 bridgehead atoms. The van der Waals surface area contributed by atoms with Gasteiger partial charge in [0.15, 0.2) is 0 Å². The van der Waals surface area contributed by atoms with Gasteiger partial charge in [0.2, 0.25) is 0 Å². The summed E-state index contributed by atoms with van der Waals surface area (Å²) in [6.45, 7) is 2.56. The van der Waals surface area contributed by atoms with Gasteiger partial charge in [-0.05, 0) is 35.2 Å². The minimum Gasteiger partial charge on any atom is -0.392 e. The molecule has 0 spiro atoms. The summed E-state index contributed by atoms with van der Waals surface area (Å²) >= 11 is 0. The van der Waals surface area contributed by atoms with E-state index < -0.39 is 0 Å². The van der Waals surface area contributed by atoms with E-state index in [1.54, 1.807) is 0 Å². The van der Waals surface area contributed by atoms with Crippen LogP contribution >= 0.6 is 0 Å². The van der Waals surface area contributed by atoms with Gasteiger partial charge in [-0.25, -0.2) is 0 Å². The van der Waals surface area contributed by atoms with E-state index in [-0.39, 0.29) is 12.5 Å². The Bertz CT molecular complexity index is 576. The first-order chi connectivity index (χ1) is 9.72. The van der Waals surface area contributed by atoms with Crippen LogP contribution in [-0.2, 0) is 19.6 Å². The molecular formula is C17H19NO2. The quantitative estimate of drug-likeness (QED) is 0.876. The van der Waals surface area contributed by atoms with Crippen molar-refractivity contribution < 1.29 is 9.90 Å². The minimum absolute atomic E-state index is 0.0142. The molecule has 0 aromatic heterocycles. The second-order valence-corrected chi connectivity index (χ2v) is 4.71. The summed E-state index contributed by atoms with van der Waals surface area (Å²) < 4.78 is 0. The molecule has 0 heterocycles. The predicted molar refractivity (Wildman–Crippen MR) is 79.4 cm³/mol. The second kappa shape index (κ2) is 6.87. The van der Waals surface area contributed by atoms with Crippen molar-refractivity contribution in [3.63, 3.8) is 0 Å². The third kappa shape index (κ3) is 3.68. The molecule has 0 fully saturated rings. The van der Waals surface area contributed by atoms with Crippen molar-refractivity contribution in [1.29, 1.82) is 0 Å². The zero-order valence-electron chi connectivity index (χ0n) is 11.6. The topological polar surface area (TPSA) is 49.3 Å². The highest BCUT2D eigenvalue weighted by atomic mass is 16.3. The van der Waals surface area contributed by atoms with Gasteiger partial charge in [0.1, 0.15) is 0 Å². The molecule has 104 valence electrons. The summed E-state index contributed by atoms with van der Waals surface area (Å²) in [4.78, 5) is 12.0. The van der Waals surface area contributed by atoms with Crippen LogP contribution in [0, 0.1) is 0 Å². The molecule has 3 nitrogen and oxygen atoms in total. The molecule has 20 heavy (non-hydrogen) atoms. The van der Waals surface area contributed by atoms with E-state index in [9.17, 15) is 4.79 Å². The van der Waals surface area contributed by atoms with Crippen LogP contribution in [0.3, 0.4) is 0 Å². The average Bonchev–Trinajstić information content (AvgIpc) is 2.53. The minimum atomic E-state index is -0.0814. The van der Waals surface area contributed by atoms with Crippen molar-refractivity contribution in [2.45, 2.75) is 26.5 Å². The first kappa shape index (κ1) is 14.3. The number of aryl methyl sites for hydroxylation is 1. The smallest absolute Gasteiger partial charge is 0.251 e. The third-order valence-corrected chi connectivity index (χ3v) is 3.25. The van der Waals surface area contributed by atoms with Crippen LogP contribution < -0.4 is 5.32 Å². The maximum absolute atomic E-state index is 12.0. The maximum atomic E-state index is 12.0. The summed E-state index contributed by atoms with van der Waals surface area (Å²) in [5.41, 5.74) is 3.72. The molecule has 0 aliphatic rings. The zero-order valence-corrected chi connectivity index (χ0v) is 11.6. The van der Waals surface area contributed by atoms with E-state index in [0.717, 1.165) is 17.5 Å². The van der Waals surface area contributed by atoms with Crippen LogP contribution in [0.5, 0.6) is 0 Å². The van der Waals surface area contributed by atoms with Crippen molar-refractivity contribution in [1.82, 2.24) is 5.32 Å². The van der Waals surface area contributed by atoms with Crippen molar-refractivity contribution in [2.24, 2.45) is 0 Å². The number of carbonyl (C=O) groups is 1. The molecule has 0 unspecified atom stereocenters. The number of aliphatic hydroxyl groups excluding tert-OH is 1. The average molecular weight is 269 g/mol. The highest BCUT2D eigenvalue weighted by molar-refractivity contribution is 5.94. The van der Waals surface area contributed by atoms with E-state index in [1.807, 2.05) is 48.5 Å². The standard InChI is InChI=1S/C17H19NO2/c1-2-13-6-8-16(9-7-13)17(20)18-11-14-4-3-5-15(10-14)12-19/h3-10,19H,2,11-12H2,1H3,(H,18,20). The van der Waals surface area contributed by atoms with Gasteiger partial charge < -0.3 is 10.4 Å². The Morgan fingerprint density at radius 1 is 1.05 bits per heavy atom. The van der Waals surface area contributed by atoms with Gasteiger partial charge in [-0.15, -0.1) is 0 Å². The summed E-state index contributed by atoms with van der Waals surface area (Å²) in [7, 11) is 0. The largest absolute Gasteiger partial charge is 0.392 e. The molecule has 0 aliphatic carbocycles. The first-order valence-corrected chi connectivity index (χ1v) is 6.78. The second-order valence-electron chi connectivity index (χ2n) is 4.71. The van der Waals surface area contributed by atoms with Crippen LogP contribution in [0.15, 0.2) is 48.5 Å². The lowest BCUT2D eigenvalue weighted by Crippen LogP contribution is -2.22. The Hall–Kier alpha value is -2.13. The molecule has 0 atom stereocenters. The molecule has 0 radical (unpaired) electrons. The Labute approximate surface area is 119 Å². The van der Waals surface area contributed by atoms with Gasteiger partial charge >= 0.3 is 0 Å². The highest BCUT2D eigenvalue weighted by Crippen LogP contribution is 2.07. The van der Waals surface area contributed by atoms with Crippen molar-refractivity contribution in [2.75, 3.05) is 0 Å². The fourth-order valence-corrected chi connectivity index (χ4v) is 2.01. The first-order valence-electron chi connectivity index (χ1n) is 6.78. The fourth-order valence-electron chi connectivity index (χ4n) is 2.01. The van der Waals surface area contributed by atoms with Crippen LogP contribution in [-0.4, -0.2) is 11.0 Å². The van der Waals surface area contributed by atoms with Crippen LogP contribution in [0.4, 0.5) is 0 Å². The normalized spacial score (nSPS) is 10.3. The van der Waals surface area contributed by atoms with Gasteiger partial charge in [-0.3, -0.25) is 4.79 Å². The van der Waals surface area contributed by atoms with E-state index in [2.05, 4.69) is 12.2 Å². The number of carbonyl (C=O) groups excluding carboxylic acids is 1. The van der Waals surface area contributed by atoms with Gasteiger partial charge in [0, 0.05) is 12.1 Å². The predicted octanol–water partition coefficient (Wildman–Crippen LogP) is 2.67. The van der Waals surface area contributed by atoms with E-state index in [0.29, 0.717) is 12.1 Å². The molecule has 2 rings (SSSR count). The number of benzene rings is 2. The lowest BCUT2D eigenvalue weighted by Gasteiger charge is -2.07. The van der Waals surface area contributed by atoms with Crippen LogP contribution in [0.1, 0.15) is 34.0 Å². The van der Waals surface area contributed by atoms with Gasteiger partial charge in [0.25, 0.3) is 5.91 Å². The monoisotopic (exact) mass is 269 g/mol. The molecule has 0 saturated heterocycles. The number of nitrogens with one attached hydrogen (secondary N) is 1. The van der Waals surface area contributed by atoms with Crippen LogP contribution in [0.25, 0.3) is 0 Å². The Balaban J connectivity index is 1.97. The molecule has 2 aromatic carbocycles. The van der Waals surface area contributed by atoms with E-state index in [1.165, 1.54) is 5.56 Å². The number of hydrogen-bond acceptors (Lipinski definition) is 2. The molecule has 0 aliphatic heterocycles. The lowest BCUT2D eigenvalue weighted by atomic mass is 10.1. The van der Waals surface area contributed by atoms with Crippen molar-refractivity contribution in [3.8, 4) is 0 Å². The summed E-state index contributed by atoms with van der Waals surface area (Å²) in [6, 6.07) is 15.2. The summed E-state index contributed by atoms with van der Waals surface area (Å²) in [5, 5.41) is 12.0. The van der Waals surface area contributed by atoms with Gasteiger partial charge in [0.05, 0.1) is 6.61 Å². The molecular weight excluding hydrogens is 250 g/mol. The summed E-state index contributed by atoms with van der Waals surface area (Å²) in [6.07, 6.45) is 0.968. The number of amides is 1. The SMILES string of the molecule is CCc1ccc(C(=O)NCc2cccc(CO)c2)cc1. The van der Waals surface area contributed by atoms with Crippen LogP contribution in [0.2, 0.25) is 0 Å². The molecule has 2 aromatic rings. The molecule has 3 heteroatoms. The fraction of sp³-hybridized carbons (Fsp3) is 0.235. The van der Waals surface area contributed by atoms with Crippen molar-refractivity contribution >= 4 is 5.91 Å². The highest BCUT2D eigenvalue weighted by Gasteiger charge is 2.05. The third-order valence-electron chi connectivity index (χ3n) is 3.25. The van der Waals surface area contributed by atoms with E-state index >= 15 is 0 Å². The molecule has 0 saturated carbocycles. The summed E-state index contributed by atoms with van der Waals surface area (Å²) in [5.74, 6) is -0.0814.